The third kappa shape index (κ3) is 5.92. The molecule has 4 heterocycles. The lowest BCUT2D eigenvalue weighted by Gasteiger charge is -2.16. The number of hydrogen-bond donors (Lipinski definition) is 2. The molecule has 5 rings (SSSR count). The molecule has 0 aliphatic rings. The number of hydrogen-bond acceptors (Lipinski definition) is 7. The molecule has 0 amide bonds. The van der Waals surface area contributed by atoms with Crippen LogP contribution in [0.3, 0.4) is 0 Å². The Morgan fingerprint density at radius 1 is 1.10 bits per heavy atom. The Labute approximate surface area is 232 Å². The van der Waals surface area contributed by atoms with Gasteiger partial charge in [-0.05, 0) is 61.9 Å². The fraction of sp³-hybridized carbons (Fsp3) is 0.241. The number of halogens is 3. The van der Waals surface area contributed by atoms with Crippen molar-refractivity contribution in [2.75, 3.05) is 13.2 Å². The number of H-pyrrole nitrogens is 1. The molecule has 12 heteroatoms. The summed E-state index contributed by atoms with van der Waals surface area (Å²) in [6.07, 6.45) is -0.290. The van der Waals surface area contributed by atoms with Crippen LogP contribution in [0.5, 0.6) is 11.5 Å². The van der Waals surface area contributed by atoms with E-state index in [-0.39, 0.29) is 13.2 Å². The van der Waals surface area contributed by atoms with E-state index < -0.39 is 17.3 Å². The number of nitrogens with two attached hydrogens (primary N) is 1. The summed E-state index contributed by atoms with van der Waals surface area (Å²) in [6.45, 7) is 4.38. The molecular formula is C29H27F3N6O3. The SMILES string of the molecule is Cc1cc(-c2[nH]ncc2OCCN)c2cc(OCc3c(C)ccnc3Cn3cccc(C(F)(F)F)c3=O)ccc2n1. The van der Waals surface area contributed by atoms with Crippen molar-refractivity contribution in [2.24, 2.45) is 5.73 Å². The molecule has 1 aromatic carbocycles. The summed E-state index contributed by atoms with van der Waals surface area (Å²) in [5.41, 5.74) is 8.23. The number of aromatic nitrogens is 5. The number of fused-ring (bicyclic) bond motifs is 1. The first kappa shape index (κ1) is 27.8. The Balaban J connectivity index is 1.45. The minimum Gasteiger partial charge on any atom is -0.489 e. The Hall–Kier alpha value is -4.71. The number of aromatic amines is 1. The minimum absolute atomic E-state index is 0.0811. The molecule has 0 saturated heterocycles. The molecule has 0 spiro atoms. The molecule has 0 fully saturated rings. The summed E-state index contributed by atoms with van der Waals surface area (Å²) in [7, 11) is 0. The van der Waals surface area contributed by atoms with Gasteiger partial charge in [-0.1, -0.05) is 0 Å². The Bertz CT molecular complexity index is 1760. The second-order valence-electron chi connectivity index (χ2n) is 9.43. The molecule has 0 unspecified atom stereocenters. The summed E-state index contributed by atoms with van der Waals surface area (Å²) in [5, 5.41) is 7.92. The number of benzene rings is 1. The number of ether oxygens (including phenoxy) is 2. The van der Waals surface area contributed by atoms with E-state index in [0.29, 0.717) is 41.6 Å². The fourth-order valence-corrected chi connectivity index (χ4v) is 4.55. The van der Waals surface area contributed by atoms with Crippen molar-refractivity contribution in [3.8, 4) is 22.8 Å². The van der Waals surface area contributed by atoms with Gasteiger partial charge in [0.25, 0.3) is 5.56 Å². The van der Waals surface area contributed by atoms with Crippen molar-refractivity contribution in [1.29, 1.82) is 0 Å². The maximum Gasteiger partial charge on any atom is 0.421 e. The Morgan fingerprint density at radius 3 is 2.71 bits per heavy atom. The number of nitrogens with zero attached hydrogens (tertiary/aromatic N) is 4. The van der Waals surface area contributed by atoms with Crippen molar-refractivity contribution in [3.05, 3.63) is 99.5 Å². The molecule has 3 N–H and O–H groups in total. The number of aryl methyl sites for hydroxylation is 2. The second-order valence-corrected chi connectivity index (χ2v) is 9.43. The Kier molecular flexibility index (Phi) is 7.75. The van der Waals surface area contributed by atoms with Crippen LogP contribution in [-0.2, 0) is 19.3 Å². The van der Waals surface area contributed by atoms with Crippen molar-refractivity contribution < 1.29 is 22.6 Å². The molecule has 0 radical (unpaired) electrons. The van der Waals surface area contributed by atoms with Crippen LogP contribution in [0, 0.1) is 13.8 Å². The zero-order valence-electron chi connectivity index (χ0n) is 22.3. The number of rotatable bonds is 9. The van der Waals surface area contributed by atoms with Gasteiger partial charge in [0.15, 0.2) is 5.75 Å². The largest absolute Gasteiger partial charge is 0.489 e. The molecule has 0 atom stereocenters. The van der Waals surface area contributed by atoms with Gasteiger partial charge in [0.2, 0.25) is 0 Å². The summed E-state index contributed by atoms with van der Waals surface area (Å²) >= 11 is 0. The van der Waals surface area contributed by atoms with Gasteiger partial charge in [-0.25, -0.2) is 0 Å². The number of nitrogens with one attached hydrogen (secondary N) is 1. The van der Waals surface area contributed by atoms with E-state index in [1.54, 1.807) is 24.5 Å². The van der Waals surface area contributed by atoms with E-state index in [0.717, 1.165) is 38.4 Å². The molecule has 0 bridgehead atoms. The van der Waals surface area contributed by atoms with Gasteiger partial charge in [-0.3, -0.25) is 19.9 Å². The van der Waals surface area contributed by atoms with Gasteiger partial charge in [-0.15, -0.1) is 0 Å². The van der Waals surface area contributed by atoms with Gasteiger partial charge in [0, 0.05) is 41.1 Å². The smallest absolute Gasteiger partial charge is 0.421 e. The van der Waals surface area contributed by atoms with Crippen LogP contribution in [0.15, 0.2) is 65.8 Å². The van der Waals surface area contributed by atoms with Crippen molar-refractivity contribution in [1.82, 2.24) is 24.7 Å². The van der Waals surface area contributed by atoms with Crippen molar-refractivity contribution in [3.63, 3.8) is 0 Å². The standard InChI is InChI=1S/C29H27F3N6O3/c1-17-7-9-34-25(15-38-10-3-4-23(28(38)39)29(30,31)32)22(17)16-41-19-5-6-24-20(13-19)21(12-18(2)36-24)27-26(14-35-37-27)40-11-8-33/h3-7,9-10,12-14H,8,11,15-16,33H2,1-2H3,(H,35,37). The highest BCUT2D eigenvalue weighted by Crippen LogP contribution is 2.35. The van der Waals surface area contributed by atoms with E-state index in [1.165, 1.54) is 12.3 Å². The van der Waals surface area contributed by atoms with E-state index in [9.17, 15) is 18.0 Å². The molecule has 5 aromatic rings. The lowest BCUT2D eigenvalue weighted by Crippen LogP contribution is -2.29. The third-order valence-electron chi connectivity index (χ3n) is 6.57. The zero-order chi connectivity index (χ0) is 29.1. The van der Waals surface area contributed by atoms with Gasteiger partial charge >= 0.3 is 6.18 Å². The van der Waals surface area contributed by atoms with Crippen LogP contribution in [0.25, 0.3) is 22.2 Å². The minimum atomic E-state index is -4.75. The monoisotopic (exact) mass is 564 g/mol. The maximum atomic E-state index is 13.3. The first-order valence-electron chi connectivity index (χ1n) is 12.8. The lowest BCUT2D eigenvalue weighted by molar-refractivity contribution is -0.138. The van der Waals surface area contributed by atoms with E-state index >= 15 is 0 Å². The highest BCUT2D eigenvalue weighted by Gasteiger charge is 2.34. The topological polar surface area (TPSA) is 121 Å². The molecule has 41 heavy (non-hydrogen) atoms. The van der Waals surface area contributed by atoms with E-state index in [1.807, 2.05) is 32.0 Å². The lowest BCUT2D eigenvalue weighted by atomic mass is 10.0. The van der Waals surface area contributed by atoms with Gasteiger partial charge in [0.1, 0.15) is 30.2 Å². The summed E-state index contributed by atoms with van der Waals surface area (Å²) in [4.78, 5) is 21.5. The molecule has 4 aromatic heterocycles. The maximum absolute atomic E-state index is 13.3. The average Bonchev–Trinajstić information content (AvgIpc) is 3.40. The zero-order valence-corrected chi connectivity index (χ0v) is 22.3. The summed E-state index contributed by atoms with van der Waals surface area (Å²) in [5.74, 6) is 1.10. The van der Waals surface area contributed by atoms with Crippen LogP contribution in [0.4, 0.5) is 13.2 Å². The first-order valence-corrected chi connectivity index (χ1v) is 12.8. The second kappa shape index (κ2) is 11.4. The third-order valence-corrected chi connectivity index (χ3v) is 6.57. The average molecular weight is 565 g/mol. The number of pyridine rings is 3. The quantitative estimate of drug-likeness (QED) is 0.264. The molecule has 0 aliphatic carbocycles. The fourth-order valence-electron chi connectivity index (χ4n) is 4.55. The molecule has 212 valence electrons. The van der Waals surface area contributed by atoms with Crippen molar-refractivity contribution in [2.45, 2.75) is 33.2 Å². The van der Waals surface area contributed by atoms with E-state index in [4.69, 9.17) is 15.2 Å². The predicted octanol–water partition coefficient (Wildman–Crippen LogP) is 4.78. The molecule has 0 saturated carbocycles. The number of alkyl halides is 3. The van der Waals surface area contributed by atoms with Crippen LogP contribution < -0.4 is 20.8 Å². The first-order chi connectivity index (χ1) is 19.7. The highest BCUT2D eigenvalue weighted by atomic mass is 19.4. The van der Waals surface area contributed by atoms with Crippen LogP contribution >= 0.6 is 0 Å². The van der Waals surface area contributed by atoms with Gasteiger partial charge in [-0.2, -0.15) is 18.3 Å². The molecular weight excluding hydrogens is 537 g/mol. The van der Waals surface area contributed by atoms with E-state index in [2.05, 4.69) is 20.2 Å². The summed E-state index contributed by atoms with van der Waals surface area (Å²) < 4.78 is 52.7. The van der Waals surface area contributed by atoms with Crippen LogP contribution in [-0.4, -0.2) is 37.9 Å². The normalized spacial score (nSPS) is 11.7. The molecule has 9 nitrogen and oxygen atoms in total. The van der Waals surface area contributed by atoms with Crippen molar-refractivity contribution >= 4 is 10.9 Å². The predicted molar refractivity (Wildman–Crippen MR) is 147 cm³/mol. The summed E-state index contributed by atoms with van der Waals surface area (Å²) in [6, 6.07) is 11.2. The van der Waals surface area contributed by atoms with Gasteiger partial charge < -0.3 is 19.8 Å². The highest BCUT2D eigenvalue weighted by molar-refractivity contribution is 5.95. The van der Waals surface area contributed by atoms with Gasteiger partial charge in [0.05, 0.1) is 24.0 Å². The molecule has 0 aliphatic heterocycles. The van der Waals surface area contributed by atoms with Crippen LogP contribution in [0.1, 0.15) is 28.1 Å². The Morgan fingerprint density at radius 2 is 1.93 bits per heavy atom. The van der Waals surface area contributed by atoms with Crippen LogP contribution in [0.2, 0.25) is 0 Å².